The van der Waals surface area contributed by atoms with E-state index in [9.17, 15) is 4.79 Å². The average Bonchev–Trinajstić information content (AvgIpc) is 2.28. The first-order chi connectivity index (χ1) is 8.49. The fraction of sp³-hybridized carbons (Fsp3) is 0.462. The van der Waals surface area contributed by atoms with Gasteiger partial charge in [-0.3, -0.25) is 9.78 Å². The first-order valence-corrected chi connectivity index (χ1v) is 5.92. The highest BCUT2D eigenvalue weighted by Gasteiger charge is 2.15. The molecule has 0 aliphatic heterocycles. The zero-order chi connectivity index (χ0) is 13.7. The molecule has 5 nitrogen and oxygen atoms in total. The highest BCUT2D eigenvalue weighted by atomic mass is 16.2. The lowest BCUT2D eigenvalue weighted by Crippen LogP contribution is -2.37. The van der Waals surface area contributed by atoms with Gasteiger partial charge < -0.3 is 10.6 Å². The molecule has 1 amide bonds. The zero-order valence-corrected chi connectivity index (χ0v) is 11.2. The molecule has 0 saturated heterocycles. The number of hydrogen-bond acceptors (Lipinski definition) is 4. The van der Waals surface area contributed by atoms with Crippen LogP contribution in [0.4, 0.5) is 5.69 Å². The topological polar surface area (TPSA) is 77.8 Å². The number of nitriles is 1. The second kappa shape index (κ2) is 6.01. The molecule has 5 heteroatoms. The van der Waals surface area contributed by atoms with Crippen molar-refractivity contribution in [1.29, 1.82) is 5.26 Å². The molecule has 0 bridgehead atoms. The molecule has 2 N–H and O–H groups in total. The molecule has 1 aromatic rings. The van der Waals surface area contributed by atoms with E-state index >= 15 is 0 Å². The highest BCUT2D eigenvalue weighted by molar-refractivity contribution is 5.84. The summed E-state index contributed by atoms with van der Waals surface area (Å²) in [4.78, 5) is 15.9. The molecular weight excluding hydrogens is 228 g/mol. The number of aryl methyl sites for hydroxylation is 2. The number of nitrogens with one attached hydrogen (secondary N) is 2. The van der Waals surface area contributed by atoms with Gasteiger partial charge in [-0.15, -0.1) is 0 Å². The molecule has 1 atom stereocenters. The summed E-state index contributed by atoms with van der Waals surface area (Å²) in [6, 6.07) is 3.50. The fourth-order valence-electron chi connectivity index (χ4n) is 1.71. The van der Waals surface area contributed by atoms with Crippen molar-refractivity contribution in [2.75, 3.05) is 11.9 Å². The van der Waals surface area contributed by atoms with E-state index in [4.69, 9.17) is 5.26 Å². The maximum absolute atomic E-state index is 11.6. The summed E-state index contributed by atoms with van der Waals surface area (Å²) >= 11 is 0. The average molecular weight is 246 g/mol. The van der Waals surface area contributed by atoms with Gasteiger partial charge in [-0.2, -0.15) is 5.26 Å². The van der Waals surface area contributed by atoms with Crippen LogP contribution in [0, 0.1) is 25.2 Å². The van der Waals surface area contributed by atoms with Crippen molar-refractivity contribution in [1.82, 2.24) is 10.3 Å². The Morgan fingerprint density at radius 1 is 1.56 bits per heavy atom. The summed E-state index contributed by atoms with van der Waals surface area (Å²) in [5.41, 5.74) is 2.62. The van der Waals surface area contributed by atoms with Gasteiger partial charge in [0.2, 0.25) is 5.91 Å². The van der Waals surface area contributed by atoms with Gasteiger partial charge in [0.05, 0.1) is 16.9 Å². The van der Waals surface area contributed by atoms with Crippen LogP contribution in [0.15, 0.2) is 6.07 Å². The predicted octanol–water partition coefficient (Wildman–Crippen LogP) is 1.51. The van der Waals surface area contributed by atoms with Crippen molar-refractivity contribution >= 4 is 11.6 Å². The van der Waals surface area contributed by atoms with Crippen molar-refractivity contribution in [3.63, 3.8) is 0 Å². The van der Waals surface area contributed by atoms with E-state index in [0.29, 0.717) is 23.5 Å². The van der Waals surface area contributed by atoms with Crippen LogP contribution in [0.1, 0.15) is 30.8 Å². The van der Waals surface area contributed by atoms with Gasteiger partial charge in [-0.1, -0.05) is 0 Å². The van der Waals surface area contributed by atoms with Crippen LogP contribution in [-0.2, 0) is 4.79 Å². The number of likely N-dealkylation sites (N-methyl/N-ethyl adjacent to an activating group) is 1. The third-order valence-corrected chi connectivity index (χ3v) is 2.56. The lowest BCUT2D eigenvalue weighted by Gasteiger charge is -2.16. The van der Waals surface area contributed by atoms with E-state index in [-0.39, 0.29) is 5.91 Å². The predicted molar refractivity (Wildman–Crippen MR) is 70.2 cm³/mol. The number of carbonyl (C=O) groups is 1. The van der Waals surface area contributed by atoms with Gasteiger partial charge in [0.15, 0.2) is 0 Å². The van der Waals surface area contributed by atoms with Gasteiger partial charge in [-0.25, -0.2) is 0 Å². The molecule has 1 rings (SSSR count). The molecule has 0 aliphatic carbocycles. The summed E-state index contributed by atoms with van der Waals surface area (Å²) in [7, 11) is 0. The number of pyridine rings is 1. The van der Waals surface area contributed by atoms with Crippen LogP contribution in [0.5, 0.6) is 0 Å². The van der Waals surface area contributed by atoms with Crippen molar-refractivity contribution in [3.8, 4) is 6.07 Å². The summed E-state index contributed by atoms with van der Waals surface area (Å²) in [5, 5.41) is 14.9. The van der Waals surface area contributed by atoms with Gasteiger partial charge in [0.25, 0.3) is 0 Å². The maximum atomic E-state index is 11.6. The van der Waals surface area contributed by atoms with E-state index in [2.05, 4.69) is 21.7 Å². The van der Waals surface area contributed by atoms with Crippen LogP contribution in [-0.4, -0.2) is 23.5 Å². The third-order valence-electron chi connectivity index (χ3n) is 2.56. The molecule has 1 unspecified atom stereocenters. The molecule has 0 spiro atoms. The second-order valence-electron chi connectivity index (χ2n) is 4.14. The summed E-state index contributed by atoms with van der Waals surface area (Å²) in [5.74, 6) is -0.0893. The Balaban J connectivity index is 2.97. The molecule has 0 saturated carbocycles. The van der Waals surface area contributed by atoms with Crippen LogP contribution >= 0.6 is 0 Å². The molecule has 0 fully saturated rings. The van der Waals surface area contributed by atoms with Crippen LogP contribution < -0.4 is 10.6 Å². The van der Waals surface area contributed by atoms with Crippen molar-refractivity contribution in [3.05, 3.63) is 23.0 Å². The minimum Gasteiger partial charge on any atom is -0.373 e. The van der Waals surface area contributed by atoms with Gasteiger partial charge in [0.1, 0.15) is 12.1 Å². The highest BCUT2D eigenvalue weighted by Crippen LogP contribution is 2.19. The summed E-state index contributed by atoms with van der Waals surface area (Å²) in [6.45, 7) is 7.86. The Bertz CT molecular complexity index is 490. The Labute approximate surface area is 107 Å². The second-order valence-corrected chi connectivity index (χ2v) is 4.14. The first kappa shape index (κ1) is 14.0. The monoisotopic (exact) mass is 246 g/mol. The lowest BCUT2D eigenvalue weighted by atomic mass is 10.1. The maximum Gasteiger partial charge on any atom is 0.242 e. The van der Waals surface area contributed by atoms with Gasteiger partial charge >= 0.3 is 0 Å². The minimum absolute atomic E-state index is 0.0893. The lowest BCUT2D eigenvalue weighted by molar-refractivity contribution is -0.121. The largest absolute Gasteiger partial charge is 0.373 e. The van der Waals surface area contributed by atoms with Crippen LogP contribution in [0.25, 0.3) is 0 Å². The Morgan fingerprint density at radius 3 is 2.78 bits per heavy atom. The number of rotatable bonds is 4. The van der Waals surface area contributed by atoms with Crippen LogP contribution in [0.2, 0.25) is 0 Å². The molecule has 0 radical (unpaired) electrons. The van der Waals surface area contributed by atoms with Gasteiger partial charge in [0, 0.05) is 12.2 Å². The molecule has 0 aromatic carbocycles. The number of anilines is 1. The number of hydrogen-bond donors (Lipinski definition) is 2. The minimum atomic E-state index is -0.391. The van der Waals surface area contributed by atoms with Crippen molar-refractivity contribution < 1.29 is 4.79 Å². The van der Waals surface area contributed by atoms with Crippen molar-refractivity contribution in [2.24, 2.45) is 0 Å². The van der Waals surface area contributed by atoms with E-state index in [1.165, 1.54) is 0 Å². The summed E-state index contributed by atoms with van der Waals surface area (Å²) < 4.78 is 0. The zero-order valence-electron chi connectivity index (χ0n) is 11.2. The fourth-order valence-corrected chi connectivity index (χ4v) is 1.71. The van der Waals surface area contributed by atoms with E-state index in [0.717, 1.165) is 5.69 Å². The van der Waals surface area contributed by atoms with E-state index < -0.39 is 6.04 Å². The van der Waals surface area contributed by atoms with Crippen LogP contribution in [0.3, 0.4) is 0 Å². The number of carbonyl (C=O) groups excluding carboxylic acids is 1. The molecule has 1 aromatic heterocycles. The molecule has 1 heterocycles. The first-order valence-electron chi connectivity index (χ1n) is 5.92. The molecule has 96 valence electrons. The smallest absolute Gasteiger partial charge is 0.242 e. The number of amides is 1. The van der Waals surface area contributed by atoms with E-state index in [1.807, 2.05) is 13.8 Å². The Hall–Kier alpha value is -2.09. The normalized spacial score (nSPS) is 11.5. The molecular formula is C13H18N4O. The third kappa shape index (κ3) is 3.20. The van der Waals surface area contributed by atoms with Crippen molar-refractivity contribution in [2.45, 2.75) is 33.7 Å². The van der Waals surface area contributed by atoms with E-state index in [1.54, 1.807) is 19.9 Å². The standard InChI is InChI=1S/C13H18N4O/c1-5-15-13(18)10(4)17-12-6-8(2)16-9(3)11(12)7-14/h6,10H,5H2,1-4H3,(H,15,18)(H,16,17). The Kier molecular flexibility index (Phi) is 4.67. The van der Waals surface area contributed by atoms with Gasteiger partial charge in [-0.05, 0) is 33.8 Å². The SMILES string of the molecule is CCNC(=O)C(C)Nc1cc(C)nc(C)c1C#N. The number of aromatic nitrogens is 1. The number of nitrogens with zero attached hydrogens (tertiary/aromatic N) is 2. The molecule has 0 aliphatic rings. The summed E-state index contributed by atoms with van der Waals surface area (Å²) in [6.07, 6.45) is 0. The molecule has 18 heavy (non-hydrogen) atoms. The quantitative estimate of drug-likeness (QED) is 0.844. The Morgan fingerprint density at radius 2 is 2.22 bits per heavy atom.